The molecule has 36 heavy (non-hydrogen) atoms. The van der Waals surface area contributed by atoms with Crippen molar-refractivity contribution in [3.63, 3.8) is 0 Å². The molecule has 0 amide bonds. The van der Waals surface area contributed by atoms with E-state index in [1.165, 1.54) is 24.7 Å². The summed E-state index contributed by atoms with van der Waals surface area (Å²) in [7, 11) is -1.10. The highest BCUT2D eigenvalue weighted by Crippen LogP contribution is 2.32. The van der Waals surface area contributed by atoms with E-state index in [0.29, 0.717) is 23.6 Å². The summed E-state index contributed by atoms with van der Waals surface area (Å²) in [5.41, 5.74) is 3.04. The summed E-state index contributed by atoms with van der Waals surface area (Å²) in [6, 6.07) is 13.0. The average molecular weight is 509 g/mol. The minimum absolute atomic E-state index is 0.253. The van der Waals surface area contributed by atoms with Gasteiger partial charge < -0.3 is 14.8 Å². The SMILES string of the molecule is CN1CCC[C@H]1c1ccc(Nc2cnc(Oc3ccc(S(C)(=O)=O)cc3)c(CC3CCOC3)c2)nc1. The first-order valence-electron chi connectivity index (χ1n) is 12.3. The largest absolute Gasteiger partial charge is 0.439 e. The van der Waals surface area contributed by atoms with Gasteiger partial charge in [0.15, 0.2) is 9.84 Å². The molecule has 2 fully saturated rings. The zero-order valence-corrected chi connectivity index (χ0v) is 21.5. The van der Waals surface area contributed by atoms with Crippen molar-refractivity contribution >= 4 is 21.3 Å². The number of nitrogens with zero attached hydrogens (tertiary/aromatic N) is 3. The van der Waals surface area contributed by atoms with Crippen LogP contribution in [-0.2, 0) is 21.0 Å². The van der Waals surface area contributed by atoms with Gasteiger partial charge in [-0.15, -0.1) is 0 Å². The molecule has 0 radical (unpaired) electrons. The third-order valence-electron chi connectivity index (χ3n) is 6.89. The Morgan fingerprint density at radius 2 is 1.94 bits per heavy atom. The Hall–Kier alpha value is -3.01. The van der Waals surface area contributed by atoms with Crippen molar-refractivity contribution in [2.75, 3.05) is 38.4 Å². The van der Waals surface area contributed by atoms with Crippen LogP contribution in [0.25, 0.3) is 0 Å². The second kappa shape index (κ2) is 10.5. The van der Waals surface area contributed by atoms with Crippen molar-refractivity contribution in [3.05, 3.63) is 66.0 Å². The molecule has 0 saturated carbocycles. The van der Waals surface area contributed by atoms with Crippen molar-refractivity contribution in [1.29, 1.82) is 0 Å². The molecule has 1 unspecified atom stereocenters. The summed E-state index contributed by atoms with van der Waals surface area (Å²) >= 11 is 0. The molecular formula is C27H32N4O4S. The predicted octanol–water partition coefficient (Wildman–Crippen LogP) is 4.76. The minimum atomic E-state index is -3.26. The van der Waals surface area contributed by atoms with Gasteiger partial charge in [0.1, 0.15) is 11.6 Å². The van der Waals surface area contributed by atoms with Crippen molar-refractivity contribution in [3.8, 4) is 11.6 Å². The van der Waals surface area contributed by atoms with Crippen molar-refractivity contribution < 1.29 is 17.9 Å². The Balaban J connectivity index is 1.34. The molecule has 2 atom stereocenters. The van der Waals surface area contributed by atoms with Crippen LogP contribution < -0.4 is 10.1 Å². The molecule has 4 heterocycles. The van der Waals surface area contributed by atoms with Crippen LogP contribution in [0.2, 0.25) is 0 Å². The van der Waals surface area contributed by atoms with E-state index in [1.54, 1.807) is 30.5 Å². The van der Waals surface area contributed by atoms with E-state index < -0.39 is 9.84 Å². The first-order chi connectivity index (χ1) is 17.3. The number of likely N-dealkylation sites (tertiary alicyclic amines) is 1. The van der Waals surface area contributed by atoms with Crippen LogP contribution in [0.4, 0.5) is 11.5 Å². The molecule has 1 N–H and O–H groups in total. The fourth-order valence-electron chi connectivity index (χ4n) is 4.88. The van der Waals surface area contributed by atoms with E-state index in [4.69, 9.17) is 9.47 Å². The van der Waals surface area contributed by atoms with Gasteiger partial charge in [0.2, 0.25) is 5.88 Å². The Labute approximate surface area is 212 Å². The van der Waals surface area contributed by atoms with Crippen molar-refractivity contribution in [2.45, 2.75) is 36.6 Å². The number of hydrogen-bond acceptors (Lipinski definition) is 8. The third kappa shape index (κ3) is 5.86. The van der Waals surface area contributed by atoms with Gasteiger partial charge in [0.05, 0.1) is 16.8 Å². The summed E-state index contributed by atoms with van der Waals surface area (Å²) in [5, 5.41) is 3.37. The lowest BCUT2D eigenvalue weighted by molar-refractivity contribution is 0.185. The number of rotatable bonds is 8. The lowest BCUT2D eigenvalue weighted by Gasteiger charge is -2.19. The lowest BCUT2D eigenvalue weighted by atomic mass is 9.99. The number of pyridine rings is 2. The van der Waals surface area contributed by atoms with E-state index in [0.717, 1.165) is 49.7 Å². The highest BCUT2D eigenvalue weighted by molar-refractivity contribution is 7.90. The summed E-state index contributed by atoms with van der Waals surface area (Å²) in [6.45, 7) is 2.62. The van der Waals surface area contributed by atoms with Crippen LogP contribution in [0.5, 0.6) is 11.6 Å². The third-order valence-corrected chi connectivity index (χ3v) is 8.02. The Morgan fingerprint density at radius 3 is 2.58 bits per heavy atom. The molecule has 0 bridgehead atoms. The van der Waals surface area contributed by atoms with Crippen molar-refractivity contribution in [1.82, 2.24) is 14.9 Å². The van der Waals surface area contributed by atoms with E-state index in [1.807, 2.05) is 18.3 Å². The van der Waals surface area contributed by atoms with Crippen molar-refractivity contribution in [2.24, 2.45) is 5.92 Å². The summed E-state index contributed by atoms with van der Waals surface area (Å²) < 4.78 is 35.2. The summed E-state index contributed by atoms with van der Waals surface area (Å²) in [5.74, 6) is 2.21. The zero-order chi connectivity index (χ0) is 25.1. The Kier molecular flexibility index (Phi) is 7.22. The smallest absolute Gasteiger partial charge is 0.222 e. The highest BCUT2D eigenvalue weighted by Gasteiger charge is 2.23. The molecular weight excluding hydrogens is 476 g/mol. The van der Waals surface area contributed by atoms with Gasteiger partial charge in [-0.05, 0) is 87.2 Å². The van der Waals surface area contributed by atoms with Crippen LogP contribution in [0, 0.1) is 5.92 Å². The van der Waals surface area contributed by atoms with E-state index in [9.17, 15) is 8.42 Å². The quantitative estimate of drug-likeness (QED) is 0.465. The number of nitrogens with one attached hydrogen (secondary N) is 1. The Bertz CT molecular complexity index is 1290. The molecule has 190 valence electrons. The number of aromatic nitrogens is 2. The molecule has 2 aliphatic heterocycles. The first-order valence-corrected chi connectivity index (χ1v) is 14.2. The molecule has 0 aliphatic carbocycles. The normalized spacial score (nSPS) is 20.5. The van der Waals surface area contributed by atoms with Crippen LogP contribution >= 0.6 is 0 Å². The molecule has 2 saturated heterocycles. The molecule has 8 nitrogen and oxygen atoms in total. The fraction of sp³-hybridized carbons (Fsp3) is 0.407. The highest BCUT2D eigenvalue weighted by atomic mass is 32.2. The standard InChI is InChI=1S/C27H32N4O4S/c1-31-12-3-4-25(31)20-5-10-26(28-16-20)30-22-15-21(14-19-11-13-34-18-19)27(29-17-22)35-23-6-8-24(9-7-23)36(2,32)33/h5-10,15-17,19,25H,3-4,11-14,18H2,1-2H3,(H,28,30)/t19?,25-/m0/s1. The second-order valence-electron chi connectivity index (χ2n) is 9.71. The number of ether oxygens (including phenoxy) is 2. The number of benzene rings is 1. The second-order valence-corrected chi connectivity index (χ2v) is 11.7. The van der Waals surface area contributed by atoms with E-state index in [2.05, 4.69) is 33.3 Å². The molecule has 3 aromatic rings. The Morgan fingerprint density at radius 1 is 1.11 bits per heavy atom. The topological polar surface area (TPSA) is 93.7 Å². The maximum absolute atomic E-state index is 11.8. The van der Waals surface area contributed by atoms with Gasteiger partial charge >= 0.3 is 0 Å². The maximum Gasteiger partial charge on any atom is 0.222 e. The van der Waals surface area contributed by atoms with Gasteiger partial charge in [0.25, 0.3) is 0 Å². The minimum Gasteiger partial charge on any atom is -0.439 e. The van der Waals surface area contributed by atoms with Crippen LogP contribution in [0.1, 0.15) is 36.4 Å². The summed E-state index contributed by atoms with van der Waals surface area (Å²) in [6.07, 6.45) is 9.04. The average Bonchev–Trinajstić information content (AvgIpc) is 3.53. The van der Waals surface area contributed by atoms with Crippen LogP contribution in [-0.4, -0.2) is 56.3 Å². The molecule has 9 heteroatoms. The van der Waals surface area contributed by atoms with Gasteiger partial charge in [0, 0.05) is 37.3 Å². The fourth-order valence-corrected chi connectivity index (χ4v) is 5.51. The number of hydrogen-bond donors (Lipinski definition) is 1. The van der Waals surface area contributed by atoms with Crippen LogP contribution in [0.3, 0.4) is 0 Å². The van der Waals surface area contributed by atoms with Gasteiger partial charge in [-0.1, -0.05) is 6.07 Å². The predicted molar refractivity (Wildman–Crippen MR) is 139 cm³/mol. The lowest BCUT2D eigenvalue weighted by Crippen LogP contribution is -2.17. The number of sulfone groups is 1. The first kappa shape index (κ1) is 24.7. The molecule has 0 spiro atoms. The maximum atomic E-state index is 11.8. The van der Waals surface area contributed by atoms with Gasteiger partial charge in [-0.25, -0.2) is 18.4 Å². The van der Waals surface area contributed by atoms with Crippen LogP contribution in [0.15, 0.2) is 59.8 Å². The van der Waals surface area contributed by atoms with Gasteiger partial charge in [-0.3, -0.25) is 4.90 Å². The summed E-state index contributed by atoms with van der Waals surface area (Å²) in [4.78, 5) is 11.9. The number of anilines is 2. The monoisotopic (exact) mass is 508 g/mol. The molecule has 5 rings (SSSR count). The van der Waals surface area contributed by atoms with E-state index in [-0.39, 0.29) is 4.90 Å². The molecule has 1 aromatic carbocycles. The van der Waals surface area contributed by atoms with Gasteiger partial charge in [-0.2, -0.15) is 0 Å². The zero-order valence-electron chi connectivity index (χ0n) is 20.7. The molecule has 2 aromatic heterocycles. The molecule has 2 aliphatic rings. The van der Waals surface area contributed by atoms with E-state index >= 15 is 0 Å².